The molecule has 3 N–H and O–H groups in total. The van der Waals surface area contributed by atoms with Crippen molar-refractivity contribution in [3.63, 3.8) is 0 Å². The fraction of sp³-hybridized carbons (Fsp3) is 0.500. The number of amides is 2. The predicted molar refractivity (Wildman–Crippen MR) is 81.3 cm³/mol. The van der Waals surface area contributed by atoms with Crippen LogP contribution in [0.2, 0.25) is 0 Å². The van der Waals surface area contributed by atoms with E-state index in [1.54, 1.807) is 27.0 Å². The largest absolute Gasteiger partial charge is 0.478 e. The molecule has 1 aromatic heterocycles. The Balaban J connectivity index is 2.79. The first-order valence-corrected chi connectivity index (χ1v) is 8.47. The quantitative estimate of drug-likeness (QED) is 0.773. The van der Waals surface area contributed by atoms with E-state index < -0.39 is 22.8 Å². The molecule has 112 valence electrons. The molecule has 1 aromatic rings. The number of rotatable bonds is 5. The Morgan fingerprint density at radius 2 is 2.00 bits per heavy atom. The van der Waals surface area contributed by atoms with Crippen LogP contribution in [0, 0.1) is 13.8 Å². The first-order valence-electron chi connectivity index (χ1n) is 5.93. The zero-order chi connectivity index (χ0) is 15.4. The number of thiophene rings is 1. The molecular formula is C12H18N2O4S2. The van der Waals surface area contributed by atoms with Gasteiger partial charge in [-0.2, -0.15) is 0 Å². The van der Waals surface area contributed by atoms with Crippen LogP contribution in [-0.2, 0) is 10.8 Å². The summed E-state index contributed by atoms with van der Waals surface area (Å²) in [6, 6.07) is -0.747. The Morgan fingerprint density at radius 3 is 2.50 bits per heavy atom. The van der Waals surface area contributed by atoms with E-state index in [1.165, 1.54) is 11.3 Å². The molecule has 1 heterocycles. The van der Waals surface area contributed by atoms with E-state index >= 15 is 0 Å². The summed E-state index contributed by atoms with van der Waals surface area (Å²) >= 11 is 1.23. The van der Waals surface area contributed by atoms with Gasteiger partial charge in [-0.3, -0.25) is 9.53 Å². The third kappa shape index (κ3) is 4.31. The number of carboxylic acid groups (broad SMARTS) is 1. The van der Waals surface area contributed by atoms with Gasteiger partial charge in [-0.25, -0.2) is 9.59 Å². The van der Waals surface area contributed by atoms with Crippen LogP contribution in [0.3, 0.4) is 0 Å². The molecular weight excluding hydrogens is 300 g/mol. The number of carbonyl (C=O) groups is 2. The summed E-state index contributed by atoms with van der Waals surface area (Å²) in [5, 5.41) is 14.7. The highest BCUT2D eigenvalue weighted by Gasteiger charge is 2.20. The van der Waals surface area contributed by atoms with E-state index in [0.29, 0.717) is 16.3 Å². The molecule has 0 spiro atoms. The molecule has 0 aromatic carbocycles. The van der Waals surface area contributed by atoms with Gasteiger partial charge >= 0.3 is 12.0 Å². The number of nitrogens with one attached hydrogen (secondary N) is 2. The summed E-state index contributed by atoms with van der Waals surface area (Å²) in [7, 11) is -1.00. The minimum absolute atomic E-state index is 0.120. The second-order valence-electron chi connectivity index (χ2n) is 4.53. The van der Waals surface area contributed by atoms with Crippen molar-refractivity contribution in [2.45, 2.75) is 26.8 Å². The van der Waals surface area contributed by atoms with E-state index in [0.717, 1.165) is 4.88 Å². The third-order valence-electron chi connectivity index (χ3n) is 2.69. The van der Waals surface area contributed by atoms with Gasteiger partial charge in [0.15, 0.2) is 0 Å². The number of anilines is 1. The lowest BCUT2D eigenvalue weighted by molar-refractivity contribution is 0.0697. The van der Waals surface area contributed by atoms with Crippen LogP contribution in [0.15, 0.2) is 0 Å². The fourth-order valence-electron chi connectivity index (χ4n) is 1.73. The molecule has 2 unspecified atom stereocenters. The molecule has 20 heavy (non-hydrogen) atoms. The zero-order valence-corrected chi connectivity index (χ0v) is 13.4. The number of hydrogen-bond acceptors (Lipinski definition) is 4. The SMILES string of the molecule is Cc1sc(NC(=O)NC(C)CS(C)=O)c(C(=O)O)c1C. The van der Waals surface area contributed by atoms with Gasteiger partial charge in [0, 0.05) is 33.7 Å². The Morgan fingerprint density at radius 1 is 1.40 bits per heavy atom. The summed E-state index contributed by atoms with van der Waals surface area (Å²) in [5.41, 5.74) is 0.773. The number of hydrogen-bond donors (Lipinski definition) is 3. The average molecular weight is 318 g/mol. The van der Waals surface area contributed by atoms with E-state index in [-0.39, 0.29) is 11.6 Å². The topological polar surface area (TPSA) is 95.5 Å². The molecule has 0 fully saturated rings. The van der Waals surface area contributed by atoms with Crippen molar-refractivity contribution in [2.24, 2.45) is 0 Å². The predicted octanol–water partition coefficient (Wildman–Crippen LogP) is 1.95. The first-order chi connectivity index (χ1) is 9.22. The molecule has 0 radical (unpaired) electrons. The molecule has 2 amide bonds. The second-order valence-corrected chi connectivity index (χ2v) is 7.24. The van der Waals surface area contributed by atoms with Crippen LogP contribution in [0.5, 0.6) is 0 Å². The van der Waals surface area contributed by atoms with E-state index in [4.69, 9.17) is 5.11 Å². The number of aromatic carboxylic acids is 1. The molecule has 0 saturated heterocycles. The lowest BCUT2D eigenvalue weighted by Crippen LogP contribution is -2.39. The highest BCUT2D eigenvalue weighted by molar-refractivity contribution is 7.84. The van der Waals surface area contributed by atoms with Crippen LogP contribution in [0.4, 0.5) is 9.80 Å². The molecule has 2 atom stereocenters. The van der Waals surface area contributed by atoms with Crippen LogP contribution < -0.4 is 10.6 Å². The molecule has 0 aliphatic carbocycles. The van der Waals surface area contributed by atoms with Crippen LogP contribution in [-0.4, -0.2) is 39.4 Å². The highest BCUT2D eigenvalue weighted by atomic mass is 32.2. The monoisotopic (exact) mass is 318 g/mol. The number of aryl methyl sites for hydroxylation is 1. The lowest BCUT2D eigenvalue weighted by Gasteiger charge is -2.13. The molecule has 0 aliphatic heterocycles. The van der Waals surface area contributed by atoms with Crippen LogP contribution in [0.25, 0.3) is 0 Å². The van der Waals surface area contributed by atoms with Gasteiger partial charge in [0.25, 0.3) is 0 Å². The molecule has 1 rings (SSSR count). The normalized spacial score (nSPS) is 13.6. The van der Waals surface area contributed by atoms with E-state index in [1.807, 2.05) is 0 Å². The smallest absolute Gasteiger partial charge is 0.338 e. The van der Waals surface area contributed by atoms with Crippen LogP contribution >= 0.6 is 11.3 Å². The lowest BCUT2D eigenvalue weighted by atomic mass is 10.1. The van der Waals surface area contributed by atoms with E-state index in [9.17, 15) is 13.8 Å². The van der Waals surface area contributed by atoms with Crippen molar-refractivity contribution in [2.75, 3.05) is 17.3 Å². The number of urea groups is 1. The Labute approximate surface area is 124 Å². The van der Waals surface area contributed by atoms with Gasteiger partial charge in [-0.05, 0) is 26.3 Å². The molecule has 0 bridgehead atoms. The standard InChI is InChI=1S/C12H18N2O4S2/c1-6(5-20(4)18)13-12(17)14-10-9(11(15)16)7(2)8(3)19-10/h6H,5H2,1-4H3,(H,15,16)(H2,13,14,17). The zero-order valence-electron chi connectivity index (χ0n) is 11.8. The van der Waals surface area contributed by atoms with E-state index in [2.05, 4.69) is 10.6 Å². The fourth-order valence-corrected chi connectivity index (χ4v) is 3.56. The van der Waals surface area contributed by atoms with Crippen LogP contribution in [0.1, 0.15) is 27.7 Å². The van der Waals surface area contributed by atoms with Crippen molar-refractivity contribution in [1.29, 1.82) is 0 Å². The van der Waals surface area contributed by atoms with Crippen molar-refractivity contribution in [3.05, 3.63) is 16.0 Å². The van der Waals surface area contributed by atoms with Crippen molar-refractivity contribution < 1.29 is 18.9 Å². The average Bonchev–Trinajstić information content (AvgIpc) is 2.52. The Hall–Kier alpha value is -1.41. The first kappa shape index (κ1) is 16.6. The summed E-state index contributed by atoms with van der Waals surface area (Å²) in [4.78, 5) is 23.8. The highest BCUT2D eigenvalue weighted by Crippen LogP contribution is 2.32. The Kier molecular flexibility index (Phi) is 5.70. The number of carbonyl (C=O) groups excluding carboxylic acids is 1. The maximum absolute atomic E-state index is 11.8. The van der Waals surface area contributed by atoms with Crippen molar-refractivity contribution in [3.8, 4) is 0 Å². The summed E-state index contributed by atoms with van der Waals surface area (Å²) < 4.78 is 11.0. The minimum Gasteiger partial charge on any atom is -0.478 e. The second kappa shape index (κ2) is 6.85. The Bertz CT molecular complexity index is 554. The van der Waals surface area contributed by atoms with Gasteiger partial charge in [0.1, 0.15) is 5.00 Å². The molecule has 0 saturated carbocycles. The minimum atomic E-state index is -1.06. The molecule has 8 heteroatoms. The summed E-state index contributed by atoms with van der Waals surface area (Å²) in [6.45, 7) is 5.25. The van der Waals surface area contributed by atoms with Gasteiger partial charge in [-0.15, -0.1) is 11.3 Å². The maximum Gasteiger partial charge on any atom is 0.338 e. The van der Waals surface area contributed by atoms with Gasteiger partial charge < -0.3 is 10.4 Å². The van der Waals surface area contributed by atoms with Crippen molar-refractivity contribution in [1.82, 2.24) is 5.32 Å². The molecule has 6 nitrogen and oxygen atoms in total. The van der Waals surface area contributed by atoms with Gasteiger partial charge in [0.05, 0.1) is 5.56 Å². The number of carboxylic acids is 1. The summed E-state index contributed by atoms with van der Waals surface area (Å²) in [5.74, 6) is -0.716. The summed E-state index contributed by atoms with van der Waals surface area (Å²) in [6.07, 6.45) is 1.56. The van der Waals surface area contributed by atoms with Gasteiger partial charge in [-0.1, -0.05) is 0 Å². The maximum atomic E-state index is 11.8. The van der Waals surface area contributed by atoms with Crippen molar-refractivity contribution >= 4 is 39.1 Å². The third-order valence-corrected chi connectivity index (χ3v) is 4.78. The molecule has 0 aliphatic rings. The van der Waals surface area contributed by atoms with Gasteiger partial charge in [0.2, 0.25) is 0 Å².